The minimum atomic E-state index is -0.111. The monoisotopic (exact) mass is 225 g/mol. The van der Waals surface area contributed by atoms with Gasteiger partial charge in [0.15, 0.2) is 0 Å². The van der Waals surface area contributed by atoms with E-state index in [9.17, 15) is 5.11 Å². The number of aliphatic hydroxyl groups excluding tert-OH is 2. The van der Waals surface area contributed by atoms with Gasteiger partial charge >= 0.3 is 0 Å². The van der Waals surface area contributed by atoms with Gasteiger partial charge in [-0.15, -0.1) is 0 Å². The first-order valence-corrected chi connectivity index (χ1v) is 5.22. The molecule has 1 aliphatic rings. The van der Waals surface area contributed by atoms with E-state index in [2.05, 4.69) is 9.97 Å². The number of morpholine rings is 1. The van der Waals surface area contributed by atoms with Gasteiger partial charge in [-0.3, -0.25) is 4.98 Å². The SMILES string of the molecule is OCc1cnc(N2CCOCC2CO)cn1. The maximum Gasteiger partial charge on any atom is 0.147 e. The standard InChI is InChI=1S/C10H15N3O3/c14-5-8-3-12-10(4-11-8)13-1-2-16-7-9(13)6-15/h3-4,9,14-15H,1-2,5-7H2. The van der Waals surface area contributed by atoms with E-state index >= 15 is 0 Å². The van der Waals surface area contributed by atoms with Crippen molar-refractivity contribution >= 4 is 5.82 Å². The fourth-order valence-corrected chi connectivity index (χ4v) is 1.69. The first-order chi connectivity index (χ1) is 7.85. The van der Waals surface area contributed by atoms with Crippen molar-refractivity contribution in [1.29, 1.82) is 0 Å². The van der Waals surface area contributed by atoms with E-state index in [4.69, 9.17) is 9.84 Å². The van der Waals surface area contributed by atoms with Crippen LogP contribution in [0.15, 0.2) is 12.4 Å². The summed E-state index contributed by atoms with van der Waals surface area (Å²) in [4.78, 5) is 10.2. The van der Waals surface area contributed by atoms with Crippen LogP contribution in [0.1, 0.15) is 5.69 Å². The number of ether oxygens (including phenoxy) is 1. The summed E-state index contributed by atoms with van der Waals surface area (Å²) in [6, 6.07) is -0.0666. The number of nitrogens with zero attached hydrogens (tertiary/aromatic N) is 3. The summed E-state index contributed by atoms with van der Waals surface area (Å²) in [6.45, 7) is 1.74. The van der Waals surface area contributed by atoms with E-state index in [1.165, 1.54) is 0 Å². The van der Waals surface area contributed by atoms with Crippen molar-refractivity contribution in [1.82, 2.24) is 9.97 Å². The Bertz CT molecular complexity index is 331. The average Bonchev–Trinajstić information content (AvgIpc) is 2.39. The highest BCUT2D eigenvalue weighted by Crippen LogP contribution is 2.15. The van der Waals surface area contributed by atoms with Crippen molar-refractivity contribution in [3.63, 3.8) is 0 Å². The van der Waals surface area contributed by atoms with Gasteiger partial charge in [0.2, 0.25) is 0 Å². The smallest absolute Gasteiger partial charge is 0.147 e. The van der Waals surface area contributed by atoms with E-state index < -0.39 is 0 Å². The largest absolute Gasteiger partial charge is 0.394 e. The molecule has 1 fully saturated rings. The minimum Gasteiger partial charge on any atom is -0.394 e. The second-order valence-corrected chi connectivity index (χ2v) is 3.63. The minimum absolute atomic E-state index is 0.0312. The van der Waals surface area contributed by atoms with Crippen LogP contribution in [0.4, 0.5) is 5.82 Å². The molecule has 1 unspecified atom stereocenters. The lowest BCUT2D eigenvalue weighted by atomic mass is 10.2. The summed E-state index contributed by atoms with van der Waals surface area (Å²) in [6.07, 6.45) is 3.15. The molecule has 0 saturated carbocycles. The van der Waals surface area contributed by atoms with Gasteiger partial charge < -0.3 is 19.8 Å². The fraction of sp³-hybridized carbons (Fsp3) is 0.600. The van der Waals surface area contributed by atoms with Crippen LogP contribution in [-0.4, -0.2) is 52.6 Å². The van der Waals surface area contributed by atoms with Crippen LogP contribution in [0.2, 0.25) is 0 Å². The number of aromatic nitrogens is 2. The molecule has 2 N–H and O–H groups in total. The van der Waals surface area contributed by atoms with E-state index in [0.29, 0.717) is 31.3 Å². The van der Waals surface area contributed by atoms with Gasteiger partial charge in [-0.1, -0.05) is 0 Å². The summed E-state index contributed by atoms with van der Waals surface area (Å²) in [5, 5.41) is 18.1. The summed E-state index contributed by atoms with van der Waals surface area (Å²) in [5.41, 5.74) is 0.539. The molecule has 88 valence electrons. The summed E-state index contributed by atoms with van der Waals surface area (Å²) >= 11 is 0. The highest BCUT2D eigenvalue weighted by molar-refractivity contribution is 5.38. The van der Waals surface area contributed by atoms with E-state index in [-0.39, 0.29) is 19.3 Å². The molecule has 1 aliphatic heterocycles. The van der Waals surface area contributed by atoms with Crippen LogP contribution in [-0.2, 0) is 11.3 Å². The zero-order valence-corrected chi connectivity index (χ0v) is 8.91. The molecule has 0 aromatic carbocycles. The Labute approximate surface area is 93.5 Å². The predicted molar refractivity (Wildman–Crippen MR) is 57.0 cm³/mol. The zero-order valence-electron chi connectivity index (χ0n) is 8.91. The maximum atomic E-state index is 9.21. The van der Waals surface area contributed by atoms with E-state index in [0.717, 1.165) is 0 Å². The first kappa shape index (κ1) is 11.3. The lowest BCUT2D eigenvalue weighted by Crippen LogP contribution is -2.48. The van der Waals surface area contributed by atoms with Crippen LogP contribution < -0.4 is 4.90 Å². The van der Waals surface area contributed by atoms with Crippen LogP contribution in [0.25, 0.3) is 0 Å². The molecule has 6 nitrogen and oxygen atoms in total. The molecule has 0 aliphatic carbocycles. The average molecular weight is 225 g/mol. The summed E-state index contributed by atoms with van der Waals surface area (Å²) < 4.78 is 5.28. The second-order valence-electron chi connectivity index (χ2n) is 3.63. The molecule has 0 amide bonds. The molecule has 1 aromatic heterocycles. The molecule has 1 saturated heterocycles. The number of hydrogen-bond donors (Lipinski definition) is 2. The summed E-state index contributed by atoms with van der Waals surface area (Å²) in [7, 11) is 0. The molecule has 2 rings (SSSR count). The van der Waals surface area contributed by atoms with Crippen LogP contribution in [0.5, 0.6) is 0 Å². The molecule has 0 spiro atoms. The Hall–Kier alpha value is -1.24. The second kappa shape index (κ2) is 5.20. The van der Waals surface area contributed by atoms with Crippen molar-refractivity contribution in [2.24, 2.45) is 0 Å². The molecular formula is C10H15N3O3. The van der Waals surface area contributed by atoms with Gasteiger partial charge in [-0.25, -0.2) is 4.98 Å². The van der Waals surface area contributed by atoms with E-state index in [1.54, 1.807) is 12.4 Å². The Morgan fingerprint density at radius 3 is 2.88 bits per heavy atom. The van der Waals surface area contributed by atoms with E-state index in [1.807, 2.05) is 4.90 Å². The Morgan fingerprint density at radius 2 is 2.25 bits per heavy atom. The van der Waals surface area contributed by atoms with Gasteiger partial charge in [-0.05, 0) is 0 Å². The van der Waals surface area contributed by atoms with Crippen LogP contribution in [0.3, 0.4) is 0 Å². The van der Waals surface area contributed by atoms with Crippen molar-refractivity contribution in [2.75, 3.05) is 31.3 Å². The Morgan fingerprint density at radius 1 is 1.38 bits per heavy atom. The van der Waals surface area contributed by atoms with Crippen LogP contribution in [0, 0.1) is 0 Å². The third kappa shape index (κ3) is 2.29. The number of rotatable bonds is 3. The fourth-order valence-electron chi connectivity index (χ4n) is 1.69. The predicted octanol–water partition coefficient (Wildman–Crippen LogP) is -0.834. The topological polar surface area (TPSA) is 78.7 Å². The Kier molecular flexibility index (Phi) is 3.66. The highest BCUT2D eigenvalue weighted by atomic mass is 16.5. The zero-order chi connectivity index (χ0) is 11.4. The van der Waals surface area contributed by atoms with Crippen molar-refractivity contribution < 1.29 is 14.9 Å². The summed E-state index contributed by atoms with van der Waals surface area (Å²) in [5.74, 6) is 0.708. The highest BCUT2D eigenvalue weighted by Gasteiger charge is 2.23. The van der Waals surface area contributed by atoms with Crippen LogP contribution >= 0.6 is 0 Å². The molecular weight excluding hydrogens is 210 g/mol. The van der Waals surface area contributed by atoms with Crippen molar-refractivity contribution in [3.8, 4) is 0 Å². The number of hydrogen-bond acceptors (Lipinski definition) is 6. The normalized spacial score (nSPS) is 21.1. The molecule has 0 radical (unpaired) electrons. The van der Waals surface area contributed by atoms with Gasteiger partial charge in [-0.2, -0.15) is 0 Å². The molecule has 0 bridgehead atoms. The lowest BCUT2D eigenvalue weighted by Gasteiger charge is -2.35. The van der Waals surface area contributed by atoms with Crippen molar-refractivity contribution in [3.05, 3.63) is 18.1 Å². The van der Waals surface area contributed by atoms with Gasteiger partial charge in [0, 0.05) is 6.54 Å². The van der Waals surface area contributed by atoms with Gasteiger partial charge in [0.1, 0.15) is 5.82 Å². The molecule has 1 aromatic rings. The molecule has 1 atom stereocenters. The van der Waals surface area contributed by atoms with Gasteiger partial charge in [0.25, 0.3) is 0 Å². The third-order valence-corrected chi connectivity index (χ3v) is 2.59. The number of anilines is 1. The maximum absolute atomic E-state index is 9.21. The van der Waals surface area contributed by atoms with Crippen molar-refractivity contribution in [2.45, 2.75) is 12.6 Å². The molecule has 16 heavy (non-hydrogen) atoms. The van der Waals surface area contributed by atoms with Gasteiger partial charge in [0.05, 0.1) is 50.6 Å². The Balaban J connectivity index is 2.14. The molecule has 6 heteroatoms. The molecule has 2 heterocycles. The first-order valence-electron chi connectivity index (χ1n) is 5.22. The quantitative estimate of drug-likeness (QED) is 0.699. The lowest BCUT2D eigenvalue weighted by molar-refractivity contribution is 0.0722. The third-order valence-electron chi connectivity index (χ3n) is 2.59. The number of aliphatic hydroxyl groups is 2.